The van der Waals surface area contributed by atoms with Crippen molar-refractivity contribution in [2.24, 2.45) is 0 Å². The van der Waals surface area contributed by atoms with E-state index < -0.39 is 6.67 Å². The van der Waals surface area contributed by atoms with Gasteiger partial charge in [-0.25, -0.2) is 9.37 Å². The van der Waals surface area contributed by atoms with E-state index in [4.69, 9.17) is 4.42 Å². The molecule has 0 atom stereocenters. The molecule has 0 bridgehead atoms. The maximum atomic E-state index is 12.0. The summed E-state index contributed by atoms with van der Waals surface area (Å²) < 4.78 is 17.0. The highest BCUT2D eigenvalue weighted by atomic mass is 19.1. The van der Waals surface area contributed by atoms with E-state index in [2.05, 4.69) is 10.3 Å². The zero-order valence-corrected chi connectivity index (χ0v) is 7.14. The Hall–Kier alpha value is -0.900. The average Bonchev–Trinajstić information content (AvgIpc) is 2.53. The molecule has 0 aliphatic carbocycles. The van der Waals surface area contributed by atoms with E-state index in [9.17, 15) is 4.39 Å². The molecule has 0 aliphatic rings. The van der Waals surface area contributed by atoms with Crippen molar-refractivity contribution in [2.45, 2.75) is 19.5 Å². The predicted octanol–water partition coefficient (Wildman–Crippen LogP) is 1.30. The molecule has 0 unspecified atom stereocenters. The Morgan fingerprint density at radius 1 is 1.67 bits per heavy atom. The maximum absolute atomic E-state index is 12.0. The molecule has 68 valence electrons. The van der Waals surface area contributed by atoms with Crippen LogP contribution < -0.4 is 5.32 Å². The van der Waals surface area contributed by atoms with Gasteiger partial charge in [-0.3, -0.25) is 0 Å². The van der Waals surface area contributed by atoms with Gasteiger partial charge in [0, 0.05) is 6.42 Å². The molecular formula is C8H13FN2O. The number of nitrogens with zero attached hydrogens (tertiary/aromatic N) is 1. The largest absolute Gasteiger partial charge is 0.449 e. The van der Waals surface area contributed by atoms with Crippen LogP contribution in [0.2, 0.25) is 0 Å². The van der Waals surface area contributed by atoms with Crippen LogP contribution in [0.1, 0.15) is 18.0 Å². The lowest BCUT2D eigenvalue weighted by atomic mass is 10.3. The van der Waals surface area contributed by atoms with Crippen LogP contribution in [0, 0.1) is 0 Å². The summed E-state index contributed by atoms with van der Waals surface area (Å²) in [7, 11) is 1.89. The average molecular weight is 172 g/mol. The monoisotopic (exact) mass is 172 g/mol. The molecule has 0 amide bonds. The third-order valence-corrected chi connectivity index (χ3v) is 1.55. The predicted molar refractivity (Wildman–Crippen MR) is 43.6 cm³/mol. The SMILES string of the molecule is CNCCCc1nc(CF)co1. The first-order chi connectivity index (χ1) is 5.86. The first kappa shape index (κ1) is 9.19. The van der Waals surface area contributed by atoms with E-state index in [-0.39, 0.29) is 0 Å². The molecule has 12 heavy (non-hydrogen) atoms. The summed E-state index contributed by atoms with van der Waals surface area (Å²) in [5, 5.41) is 3.02. The molecule has 3 nitrogen and oxygen atoms in total. The van der Waals surface area contributed by atoms with E-state index in [1.807, 2.05) is 7.05 Å². The molecule has 1 aromatic rings. The molecule has 1 rings (SSSR count). The topological polar surface area (TPSA) is 38.1 Å². The van der Waals surface area contributed by atoms with E-state index in [1.54, 1.807) is 0 Å². The standard InChI is InChI=1S/C8H13FN2O/c1-10-4-2-3-8-11-7(5-9)6-12-8/h6,10H,2-5H2,1H3. The quantitative estimate of drug-likeness (QED) is 0.680. The first-order valence-corrected chi connectivity index (χ1v) is 4.00. The highest BCUT2D eigenvalue weighted by Gasteiger charge is 2.01. The number of hydrogen-bond acceptors (Lipinski definition) is 3. The lowest BCUT2D eigenvalue weighted by Gasteiger charge is -1.94. The molecule has 1 heterocycles. The summed E-state index contributed by atoms with van der Waals surface area (Å²) >= 11 is 0. The fourth-order valence-electron chi connectivity index (χ4n) is 0.942. The molecule has 0 saturated heterocycles. The number of aromatic nitrogens is 1. The van der Waals surface area contributed by atoms with Crippen molar-refractivity contribution in [1.82, 2.24) is 10.3 Å². The fraction of sp³-hybridized carbons (Fsp3) is 0.625. The smallest absolute Gasteiger partial charge is 0.194 e. The normalized spacial score (nSPS) is 10.5. The Kier molecular flexibility index (Phi) is 3.73. The Bertz CT molecular complexity index is 225. The van der Waals surface area contributed by atoms with Gasteiger partial charge in [-0.2, -0.15) is 0 Å². The zero-order chi connectivity index (χ0) is 8.81. The van der Waals surface area contributed by atoms with Gasteiger partial charge >= 0.3 is 0 Å². The molecule has 0 spiro atoms. The van der Waals surface area contributed by atoms with Crippen LogP contribution in [0.15, 0.2) is 10.7 Å². The highest BCUT2D eigenvalue weighted by molar-refractivity contribution is 4.94. The highest BCUT2D eigenvalue weighted by Crippen LogP contribution is 2.05. The van der Waals surface area contributed by atoms with E-state index in [0.717, 1.165) is 19.4 Å². The Balaban J connectivity index is 2.31. The van der Waals surface area contributed by atoms with Gasteiger partial charge in [0.2, 0.25) is 0 Å². The van der Waals surface area contributed by atoms with Crippen LogP contribution in [-0.4, -0.2) is 18.6 Å². The number of oxazole rings is 1. The van der Waals surface area contributed by atoms with Crippen molar-refractivity contribution in [3.8, 4) is 0 Å². The van der Waals surface area contributed by atoms with Crippen LogP contribution in [0.5, 0.6) is 0 Å². The fourth-order valence-corrected chi connectivity index (χ4v) is 0.942. The summed E-state index contributed by atoms with van der Waals surface area (Å²) in [6.07, 6.45) is 3.10. The number of aryl methyl sites for hydroxylation is 1. The van der Waals surface area contributed by atoms with Crippen LogP contribution in [-0.2, 0) is 13.1 Å². The van der Waals surface area contributed by atoms with Crippen LogP contribution in [0.25, 0.3) is 0 Å². The Morgan fingerprint density at radius 2 is 2.50 bits per heavy atom. The molecule has 0 saturated carbocycles. The molecule has 4 heteroatoms. The summed E-state index contributed by atoms with van der Waals surface area (Å²) in [5.41, 5.74) is 0.384. The van der Waals surface area contributed by atoms with Gasteiger partial charge in [0.1, 0.15) is 18.6 Å². The number of halogens is 1. The number of rotatable bonds is 5. The van der Waals surface area contributed by atoms with Crippen LogP contribution in [0.3, 0.4) is 0 Å². The summed E-state index contributed by atoms with van der Waals surface area (Å²) in [5.74, 6) is 0.623. The van der Waals surface area contributed by atoms with Gasteiger partial charge in [-0.1, -0.05) is 0 Å². The van der Waals surface area contributed by atoms with E-state index in [1.165, 1.54) is 6.26 Å². The van der Waals surface area contributed by atoms with Gasteiger partial charge in [0.15, 0.2) is 5.89 Å². The van der Waals surface area contributed by atoms with E-state index >= 15 is 0 Å². The van der Waals surface area contributed by atoms with Crippen molar-refractivity contribution < 1.29 is 8.81 Å². The Labute approximate surface area is 71.0 Å². The lowest BCUT2D eigenvalue weighted by Crippen LogP contribution is -2.08. The van der Waals surface area contributed by atoms with Crippen molar-refractivity contribution in [3.05, 3.63) is 17.8 Å². The third kappa shape index (κ3) is 2.62. The Morgan fingerprint density at radius 3 is 3.08 bits per heavy atom. The molecular weight excluding hydrogens is 159 g/mol. The third-order valence-electron chi connectivity index (χ3n) is 1.55. The van der Waals surface area contributed by atoms with Gasteiger partial charge in [-0.15, -0.1) is 0 Å². The van der Waals surface area contributed by atoms with Gasteiger partial charge in [0.25, 0.3) is 0 Å². The minimum atomic E-state index is -0.546. The van der Waals surface area contributed by atoms with Crippen molar-refractivity contribution in [3.63, 3.8) is 0 Å². The zero-order valence-electron chi connectivity index (χ0n) is 7.14. The minimum absolute atomic E-state index is 0.384. The summed E-state index contributed by atoms with van der Waals surface area (Å²) in [6.45, 7) is 0.378. The second-order valence-electron chi connectivity index (χ2n) is 2.57. The molecule has 0 fully saturated rings. The van der Waals surface area contributed by atoms with Crippen molar-refractivity contribution in [2.75, 3.05) is 13.6 Å². The molecule has 0 aromatic carbocycles. The number of nitrogens with one attached hydrogen (secondary N) is 1. The molecule has 0 aliphatic heterocycles. The second kappa shape index (κ2) is 4.87. The molecule has 1 aromatic heterocycles. The number of hydrogen-bond donors (Lipinski definition) is 1. The second-order valence-corrected chi connectivity index (χ2v) is 2.57. The van der Waals surface area contributed by atoms with Crippen molar-refractivity contribution in [1.29, 1.82) is 0 Å². The van der Waals surface area contributed by atoms with Crippen LogP contribution >= 0.6 is 0 Å². The van der Waals surface area contributed by atoms with Gasteiger partial charge in [-0.05, 0) is 20.0 Å². The summed E-state index contributed by atoms with van der Waals surface area (Å²) in [4.78, 5) is 3.93. The van der Waals surface area contributed by atoms with Gasteiger partial charge in [0.05, 0.1) is 0 Å². The maximum Gasteiger partial charge on any atom is 0.194 e. The minimum Gasteiger partial charge on any atom is -0.449 e. The van der Waals surface area contributed by atoms with E-state index in [0.29, 0.717) is 11.6 Å². The number of alkyl halides is 1. The lowest BCUT2D eigenvalue weighted by molar-refractivity contribution is 0.469. The van der Waals surface area contributed by atoms with Gasteiger partial charge < -0.3 is 9.73 Å². The molecule has 0 radical (unpaired) electrons. The van der Waals surface area contributed by atoms with Crippen molar-refractivity contribution >= 4 is 0 Å². The van der Waals surface area contributed by atoms with Crippen LogP contribution in [0.4, 0.5) is 4.39 Å². The molecule has 1 N–H and O–H groups in total. The summed E-state index contributed by atoms with van der Waals surface area (Å²) in [6, 6.07) is 0. The first-order valence-electron chi connectivity index (χ1n) is 4.00.